The first-order valence-electron chi connectivity index (χ1n) is 5.49. The number of rotatable bonds is 1. The van der Waals surface area contributed by atoms with Crippen LogP contribution < -0.4 is 10.6 Å². The maximum absolute atomic E-state index is 12.1. The predicted octanol–water partition coefficient (Wildman–Crippen LogP) is -1.06. The fourth-order valence-electron chi connectivity index (χ4n) is 2.18. The van der Waals surface area contributed by atoms with Crippen LogP contribution in [0.25, 0.3) is 0 Å². The summed E-state index contributed by atoms with van der Waals surface area (Å²) in [4.78, 5) is 25.2. The van der Waals surface area contributed by atoms with Gasteiger partial charge in [-0.3, -0.25) is 9.59 Å². The topological polar surface area (TPSA) is 61.4 Å². The SMILES string of the molecule is CC1C(=O)NCCN1C(=O)[C@H]1CCNC1. The van der Waals surface area contributed by atoms with E-state index >= 15 is 0 Å². The van der Waals surface area contributed by atoms with Gasteiger partial charge >= 0.3 is 0 Å². The number of piperazine rings is 1. The van der Waals surface area contributed by atoms with Crippen LogP contribution in [0, 0.1) is 5.92 Å². The first-order valence-corrected chi connectivity index (χ1v) is 5.49. The Morgan fingerprint density at radius 1 is 1.47 bits per heavy atom. The van der Waals surface area contributed by atoms with Crippen molar-refractivity contribution in [2.75, 3.05) is 26.2 Å². The number of amides is 2. The van der Waals surface area contributed by atoms with Crippen molar-refractivity contribution in [2.24, 2.45) is 5.92 Å². The quantitative estimate of drug-likeness (QED) is 0.581. The highest BCUT2D eigenvalue weighted by molar-refractivity contribution is 5.89. The van der Waals surface area contributed by atoms with E-state index in [9.17, 15) is 9.59 Å². The molecule has 0 saturated carbocycles. The van der Waals surface area contributed by atoms with Gasteiger partial charge in [-0.25, -0.2) is 0 Å². The Morgan fingerprint density at radius 3 is 2.93 bits per heavy atom. The van der Waals surface area contributed by atoms with E-state index in [1.807, 2.05) is 0 Å². The Kier molecular flexibility index (Phi) is 2.90. The summed E-state index contributed by atoms with van der Waals surface area (Å²) in [6.45, 7) is 4.67. The molecule has 2 heterocycles. The number of nitrogens with zero attached hydrogens (tertiary/aromatic N) is 1. The van der Waals surface area contributed by atoms with Crippen molar-refractivity contribution in [3.05, 3.63) is 0 Å². The van der Waals surface area contributed by atoms with Crippen molar-refractivity contribution in [2.45, 2.75) is 19.4 Å². The zero-order chi connectivity index (χ0) is 10.8. The van der Waals surface area contributed by atoms with Gasteiger partial charge in [-0.1, -0.05) is 0 Å². The Labute approximate surface area is 89.2 Å². The third kappa shape index (κ3) is 1.97. The largest absolute Gasteiger partial charge is 0.353 e. The molecule has 2 fully saturated rings. The molecule has 5 heteroatoms. The van der Waals surface area contributed by atoms with Gasteiger partial charge in [0.25, 0.3) is 0 Å². The predicted molar refractivity (Wildman–Crippen MR) is 55.2 cm³/mol. The van der Waals surface area contributed by atoms with Crippen LogP contribution in [-0.2, 0) is 9.59 Å². The van der Waals surface area contributed by atoms with Crippen molar-refractivity contribution in [1.29, 1.82) is 0 Å². The molecule has 5 nitrogen and oxygen atoms in total. The first kappa shape index (κ1) is 10.4. The lowest BCUT2D eigenvalue weighted by molar-refractivity contribution is -0.145. The number of nitrogens with one attached hydrogen (secondary N) is 2. The van der Waals surface area contributed by atoms with E-state index in [2.05, 4.69) is 10.6 Å². The van der Waals surface area contributed by atoms with E-state index in [1.165, 1.54) is 0 Å². The molecular weight excluding hydrogens is 194 g/mol. The highest BCUT2D eigenvalue weighted by Gasteiger charge is 2.34. The highest BCUT2D eigenvalue weighted by Crippen LogP contribution is 2.15. The summed E-state index contributed by atoms with van der Waals surface area (Å²) in [6.07, 6.45) is 0.893. The van der Waals surface area contributed by atoms with Gasteiger partial charge < -0.3 is 15.5 Å². The minimum absolute atomic E-state index is 0.0412. The van der Waals surface area contributed by atoms with E-state index in [4.69, 9.17) is 0 Å². The van der Waals surface area contributed by atoms with Crippen molar-refractivity contribution < 1.29 is 9.59 Å². The lowest BCUT2D eigenvalue weighted by Crippen LogP contribution is -2.57. The molecule has 1 unspecified atom stereocenters. The number of carbonyl (C=O) groups excluding carboxylic acids is 2. The molecule has 2 aliphatic rings. The molecule has 2 amide bonds. The van der Waals surface area contributed by atoms with E-state index < -0.39 is 0 Å². The average molecular weight is 211 g/mol. The zero-order valence-electron chi connectivity index (χ0n) is 8.95. The third-order valence-corrected chi connectivity index (χ3v) is 3.19. The van der Waals surface area contributed by atoms with Crippen LogP contribution in [0.15, 0.2) is 0 Å². The molecular formula is C10H17N3O2. The standard InChI is InChI=1S/C10H17N3O2/c1-7-9(14)12-4-5-13(7)10(15)8-2-3-11-6-8/h7-8,11H,2-6H2,1H3,(H,12,14)/t7?,8-/m0/s1. The highest BCUT2D eigenvalue weighted by atomic mass is 16.2. The zero-order valence-corrected chi connectivity index (χ0v) is 8.95. The van der Waals surface area contributed by atoms with E-state index in [1.54, 1.807) is 11.8 Å². The molecule has 0 bridgehead atoms. The molecule has 0 aliphatic carbocycles. The van der Waals surface area contributed by atoms with Gasteiger partial charge in [0, 0.05) is 19.6 Å². The molecule has 2 rings (SSSR count). The lowest BCUT2D eigenvalue weighted by atomic mass is 10.1. The maximum atomic E-state index is 12.1. The molecule has 15 heavy (non-hydrogen) atoms. The van der Waals surface area contributed by atoms with Crippen LogP contribution in [0.2, 0.25) is 0 Å². The molecule has 84 valence electrons. The molecule has 2 atom stereocenters. The molecule has 0 aromatic rings. The monoisotopic (exact) mass is 211 g/mol. The van der Waals surface area contributed by atoms with Gasteiger partial charge in [0.1, 0.15) is 6.04 Å². The fraction of sp³-hybridized carbons (Fsp3) is 0.800. The van der Waals surface area contributed by atoms with Crippen LogP contribution in [0.4, 0.5) is 0 Å². The second kappa shape index (κ2) is 4.18. The molecule has 2 saturated heterocycles. The Morgan fingerprint density at radius 2 is 2.27 bits per heavy atom. The first-order chi connectivity index (χ1) is 7.20. The van der Waals surface area contributed by atoms with Gasteiger partial charge in [-0.05, 0) is 19.9 Å². The van der Waals surface area contributed by atoms with Crippen LogP contribution in [-0.4, -0.2) is 48.9 Å². The van der Waals surface area contributed by atoms with Gasteiger partial charge in [0.05, 0.1) is 5.92 Å². The van der Waals surface area contributed by atoms with Crippen molar-refractivity contribution >= 4 is 11.8 Å². The van der Waals surface area contributed by atoms with Crippen LogP contribution >= 0.6 is 0 Å². The van der Waals surface area contributed by atoms with Gasteiger partial charge in [-0.2, -0.15) is 0 Å². The molecule has 2 aliphatic heterocycles. The normalized spacial score (nSPS) is 31.5. The van der Waals surface area contributed by atoms with Gasteiger partial charge in [0.15, 0.2) is 0 Å². The summed E-state index contributed by atoms with van der Waals surface area (Å²) in [5.74, 6) is 0.154. The average Bonchev–Trinajstić information content (AvgIpc) is 2.74. The summed E-state index contributed by atoms with van der Waals surface area (Å²) in [5, 5.41) is 5.93. The molecule has 2 N–H and O–H groups in total. The second-order valence-corrected chi connectivity index (χ2v) is 4.19. The van der Waals surface area contributed by atoms with E-state index in [0.29, 0.717) is 13.1 Å². The van der Waals surface area contributed by atoms with Crippen LogP contribution in [0.3, 0.4) is 0 Å². The molecule has 0 aromatic carbocycles. The van der Waals surface area contributed by atoms with Crippen LogP contribution in [0.5, 0.6) is 0 Å². The number of carbonyl (C=O) groups is 2. The summed E-state index contributed by atoms with van der Waals surface area (Å²) < 4.78 is 0. The molecule has 0 aromatic heterocycles. The summed E-state index contributed by atoms with van der Waals surface area (Å²) >= 11 is 0. The number of hydrogen-bond donors (Lipinski definition) is 2. The minimum Gasteiger partial charge on any atom is -0.353 e. The third-order valence-electron chi connectivity index (χ3n) is 3.19. The summed E-state index contributed by atoms with van der Waals surface area (Å²) in [7, 11) is 0. The Hall–Kier alpha value is -1.10. The second-order valence-electron chi connectivity index (χ2n) is 4.19. The molecule has 0 spiro atoms. The summed E-state index contributed by atoms with van der Waals surface area (Å²) in [5.41, 5.74) is 0. The molecule has 0 radical (unpaired) electrons. The van der Waals surface area contributed by atoms with Gasteiger partial charge in [0.2, 0.25) is 11.8 Å². The number of hydrogen-bond acceptors (Lipinski definition) is 3. The Bertz CT molecular complexity index is 274. The Balaban J connectivity index is 2.01. The van der Waals surface area contributed by atoms with Crippen molar-refractivity contribution in [3.63, 3.8) is 0 Å². The smallest absolute Gasteiger partial charge is 0.242 e. The summed E-state index contributed by atoms with van der Waals surface area (Å²) in [6, 6.07) is -0.313. The fourth-order valence-corrected chi connectivity index (χ4v) is 2.18. The van der Waals surface area contributed by atoms with Gasteiger partial charge in [-0.15, -0.1) is 0 Å². The van der Waals surface area contributed by atoms with Crippen molar-refractivity contribution in [1.82, 2.24) is 15.5 Å². The van der Waals surface area contributed by atoms with Crippen LogP contribution in [0.1, 0.15) is 13.3 Å². The van der Waals surface area contributed by atoms with E-state index in [-0.39, 0.29) is 23.8 Å². The maximum Gasteiger partial charge on any atom is 0.242 e. The lowest BCUT2D eigenvalue weighted by Gasteiger charge is -2.34. The minimum atomic E-state index is -0.313. The van der Waals surface area contributed by atoms with E-state index in [0.717, 1.165) is 19.5 Å². The van der Waals surface area contributed by atoms with Crippen molar-refractivity contribution in [3.8, 4) is 0 Å².